The Hall–Kier alpha value is -1.10. The molecule has 0 saturated carbocycles. The summed E-state index contributed by atoms with van der Waals surface area (Å²) in [4.78, 5) is 0. The molecule has 170 valence electrons. The molecule has 1 N–H and O–H groups in total. The van der Waals surface area contributed by atoms with Crippen molar-refractivity contribution in [2.75, 3.05) is 0 Å². The fourth-order valence-corrected chi connectivity index (χ4v) is 1.68. The Balaban J connectivity index is 6.26. The van der Waals surface area contributed by atoms with E-state index < -0.39 is 55.9 Å². The molecule has 0 heterocycles. The Morgan fingerprint density at radius 3 is 1.25 bits per heavy atom. The standard InChI is InChI=1S/C6H2F12O8S2/c7-1(8,2(9,10)4(13,14)26-28(22,23)24)3(11,12)25-5(15,16)6(17,18)27(19,20)21/h(H,19,20,21)(H,22,23,24)/p-1. The van der Waals surface area contributed by atoms with E-state index in [1.807, 2.05) is 0 Å². The molecule has 0 amide bonds. The van der Waals surface area contributed by atoms with Crippen LogP contribution in [0.25, 0.3) is 0 Å². The first-order valence-electron chi connectivity index (χ1n) is 5.27. The van der Waals surface area contributed by atoms with Gasteiger partial charge in [0.15, 0.2) is 0 Å². The summed E-state index contributed by atoms with van der Waals surface area (Å²) in [5, 5.41) is -7.20. The van der Waals surface area contributed by atoms with Crippen LogP contribution in [0.1, 0.15) is 0 Å². The molecule has 0 rings (SSSR count). The fourth-order valence-electron chi connectivity index (χ4n) is 0.981. The van der Waals surface area contributed by atoms with Gasteiger partial charge in [-0.2, -0.15) is 61.1 Å². The molecule has 0 aliphatic rings. The smallest absolute Gasteiger partial charge is 0.460 e. The molecule has 0 radical (unpaired) electrons. The largest absolute Gasteiger partial charge is 0.725 e. The molecule has 0 unspecified atom stereocenters. The third-order valence-corrected chi connectivity index (χ3v) is 3.55. The normalized spacial score (nSPS) is 16.4. The summed E-state index contributed by atoms with van der Waals surface area (Å²) in [7, 11) is -14.5. The van der Waals surface area contributed by atoms with Crippen LogP contribution in [0.15, 0.2) is 0 Å². The van der Waals surface area contributed by atoms with E-state index in [1.54, 1.807) is 4.18 Å². The summed E-state index contributed by atoms with van der Waals surface area (Å²) in [5.41, 5.74) is 0. The maximum absolute atomic E-state index is 13.0. The minimum Gasteiger partial charge on any atom is -0.725 e. The molecule has 22 heteroatoms. The van der Waals surface area contributed by atoms with Gasteiger partial charge in [-0.1, -0.05) is 0 Å². The zero-order valence-electron chi connectivity index (χ0n) is 11.7. The first-order valence-corrected chi connectivity index (χ1v) is 8.04. The number of ether oxygens (including phenoxy) is 1. The highest BCUT2D eigenvalue weighted by atomic mass is 32.3. The third kappa shape index (κ3) is 4.55. The van der Waals surface area contributed by atoms with Gasteiger partial charge in [0.2, 0.25) is 10.4 Å². The lowest BCUT2D eigenvalue weighted by Crippen LogP contribution is -2.66. The van der Waals surface area contributed by atoms with Crippen LogP contribution in [0.5, 0.6) is 0 Å². The molecular weight excluding hydrogens is 492 g/mol. The Morgan fingerprint density at radius 1 is 0.643 bits per heavy atom. The second-order valence-corrected chi connectivity index (χ2v) is 6.73. The minimum absolute atomic E-state index is 1.29. The molecule has 0 fully saturated rings. The Morgan fingerprint density at radius 2 is 0.964 bits per heavy atom. The van der Waals surface area contributed by atoms with Gasteiger partial charge in [0.25, 0.3) is 0 Å². The van der Waals surface area contributed by atoms with Gasteiger partial charge in [-0.25, -0.2) is 17.3 Å². The zero-order chi connectivity index (χ0) is 23.4. The van der Waals surface area contributed by atoms with E-state index in [4.69, 9.17) is 4.55 Å². The number of halogens is 12. The quantitative estimate of drug-likeness (QED) is 0.294. The monoisotopic (exact) mass is 493 g/mol. The molecule has 0 aromatic heterocycles. The molecule has 0 spiro atoms. The predicted octanol–water partition coefficient (Wildman–Crippen LogP) is 2.01. The van der Waals surface area contributed by atoms with Crippen LogP contribution in [0, 0.1) is 0 Å². The molecule has 0 atom stereocenters. The minimum atomic E-state index is -8.06. The average molecular weight is 493 g/mol. The van der Waals surface area contributed by atoms with Gasteiger partial charge in [0, 0.05) is 0 Å². The topological polar surface area (TPSA) is 130 Å². The van der Waals surface area contributed by atoms with Crippen molar-refractivity contribution >= 4 is 20.5 Å². The van der Waals surface area contributed by atoms with Crippen molar-refractivity contribution in [2.24, 2.45) is 0 Å². The molecular formula is C6HF12O8S2-. The van der Waals surface area contributed by atoms with Crippen molar-refractivity contribution in [3.05, 3.63) is 0 Å². The summed E-state index contributed by atoms with van der Waals surface area (Å²) in [6.45, 7) is 0. The summed E-state index contributed by atoms with van der Waals surface area (Å²) in [6, 6.07) is 0. The Bertz CT molecular complexity index is 802. The highest BCUT2D eigenvalue weighted by molar-refractivity contribution is 7.87. The number of hydrogen-bond donors (Lipinski definition) is 1. The average Bonchev–Trinajstić information content (AvgIpc) is 2.31. The first kappa shape index (κ1) is 26.9. The summed E-state index contributed by atoms with van der Waals surface area (Å²) in [6.07, 6.45) is -22.7. The molecule has 0 aliphatic heterocycles. The zero-order valence-corrected chi connectivity index (χ0v) is 13.3. The van der Waals surface area contributed by atoms with Crippen LogP contribution in [0.3, 0.4) is 0 Å². The van der Waals surface area contributed by atoms with Crippen LogP contribution in [-0.2, 0) is 29.4 Å². The van der Waals surface area contributed by atoms with Crippen LogP contribution >= 0.6 is 0 Å². The van der Waals surface area contributed by atoms with E-state index in [0.29, 0.717) is 0 Å². The second kappa shape index (κ2) is 6.72. The lowest BCUT2D eigenvalue weighted by molar-refractivity contribution is -0.498. The van der Waals surface area contributed by atoms with Crippen molar-refractivity contribution < 1.29 is 87.5 Å². The van der Waals surface area contributed by atoms with E-state index in [9.17, 15) is 74.1 Å². The number of hydrogen-bond acceptors (Lipinski definition) is 7. The van der Waals surface area contributed by atoms with Gasteiger partial charge >= 0.3 is 45.5 Å². The van der Waals surface area contributed by atoms with Gasteiger partial charge in [-0.15, -0.1) is 0 Å². The molecule has 0 saturated heterocycles. The lowest BCUT2D eigenvalue weighted by atomic mass is 10.1. The van der Waals surface area contributed by atoms with E-state index >= 15 is 0 Å². The van der Waals surface area contributed by atoms with E-state index in [1.165, 1.54) is 4.74 Å². The van der Waals surface area contributed by atoms with E-state index in [0.717, 1.165) is 0 Å². The maximum atomic E-state index is 13.0. The van der Waals surface area contributed by atoms with Gasteiger partial charge in [0.1, 0.15) is 0 Å². The number of alkyl halides is 12. The molecule has 8 nitrogen and oxygen atoms in total. The molecule has 0 aromatic rings. The van der Waals surface area contributed by atoms with Gasteiger partial charge in [-0.3, -0.25) is 4.55 Å². The second-order valence-electron chi connectivity index (χ2n) is 4.28. The highest BCUT2D eigenvalue weighted by Crippen LogP contribution is 2.56. The van der Waals surface area contributed by atoms with E-state index in [-0.39, 0.29) is 0 Å². The predicted molar refractivity (Wildman–Crippen MR) is 53.1 cm³/mol. The SMILES string of the molecule is O=S(=O)([O-])OC(F)(F)C(F)(F)C(F)(F)C(F)(F)OC(F)(F)C(F)(F)S(=O)(=O)O. The van der Waals surface area contributed by atoms with Crippen LogP contribution in [0.4, 0.5) is 52.7 Å². The van der Waals surface area contributed by atoms with E-state index in [2.05, 4.69) is 0 Å². The molecule has 28 heavy (non-hydrogen) atoms. The Kier molecular flexibility index (Phi) is 6.45. The van der Waals surface area contributed by atoms with Crippen LogP contribution in [-0.4, -0.2) is 61.4 Å². The summed E-state index contributed by atoms with van der Waals surface area (Å²) >= 11 is 0. The van der Waals surface area contributed by atoms with Crippen molar-refractivity contribution in [1.29, 1.82) is 0 Å². The molecule has 0 bridgehead atoms. The van der Waals surface area contributed by atoms with Gasteiger partial charge in [0.05, 0.1) is 0 Å². The molecule has 0 aliphatic carbocycles. The fraction of sp³-hybridized carbons (Fsp3) is 1.00. The van der Waals surface area contributed by atoms with Gasteiger partial charge < -0.3 is 4.55 Å². The van der Waals surface area contributed by atoms with Crippen molar-refractivity contribution in [3.8, 4) is 0 Å². The lowest BCUT2D eigenvalue weighted by Gasteiger charge is -2.37. The van der Waals surface area contributed by atoms with Crippen molar-refractivity contribution in [3.63, 3.8) is 0 Å². The summed E-state index contributed by atoms with van der Waals surface area (Å²) < 4.78 is 214. The van der Waals surface area contributed by atoms with Gasteiger partial charge in [-0.05, 0) is 0 Å². The number of rotatable bonds is 9. The maximum Gasteiger partial charge on any atom is 0.460 e. The van der Waals surface area contributed by atoms with Crippen LogP contribution < -0.4 is 0 Å². The van der Waals surface area contributed by atoms with Crippen molar-refractivity contribution in [1.82, 2.24) is 0 Å². The highest BCUT2D eigenvalue weighted by Gasteiger charge is 2.86. The van der Waals surface area contributed by atoms with Crippen LogP contribution in [0.2, 0.25) is 0 Å². The first-order chi connectivity index (χ1) is 11.7. The molecule has 0 aromatic carbocycles. The third-order valence-electron chi connectivity index (χ3n) is 2.25. The Labute approximate surface area is 144 Å². The van der Waals surface area contributed by atoms with Crippen molar-refractivity contribution in [2.45, 2.75) is 35.4 Å². The summed E-state index contributed by atoms with van der Waals surface area (Å²) in [5.74, 6) is -16.0.